The number of nitrogens with one attached hydrogen (secondary N) is 20. The van der Waals surface area contributed by atoms with Gasteiger partial charge >= 0.3 is 5.97 Å². The van der Waals surface area contributed by atoms with Gasteiger partial charge in [0.15, 0.2) is 17.9 Å². The van der Waals surface area contributed by atoms with Gasteiger partial charge in [-0.05, 0) is 75.3 Å². The highest BCUT2D eigenvalue weighted by atomic mass is 32.1. The molecule has 31 N–H and O–H groups in total. The standard InChI is InChI=1S/C72H116N24O19S2/c1-7-37(3)55(95-61(107)45(23-16-26-81-71(76)77)87-57(103)39(5)84-53(100)31-83-60(106)47(28-41-18-11-9-12-19-41)89-58(104)40(6)85-66(112)51(35-116)93-65(111)50(34-99)92-59(105)44(73)33-98)68(114)91-49(30-54(101)102)64(110)88-46(24-17-27-82-72(78)79)62(108)96-56(38(4)8-2)69(115)94-52(36-117)67(113)90-48(29-42-20-13-10-14-21-42)63(109)86-43(32-97)22-15-25-80-70(74)75/h9-14,18-21,32,37-40,43-52,55-56,98-99,116-117H,7-8,15-17,22-31,33-36,73H2,1-6H3,(H,83,106)(H,84,100)(H,85,112)(H,86,109)(H,87,103)(H,88,110)(H,89,104)(H,90,113)(H,91,114)(H,92,105)(H,93,111)(H,94,115)(H,95,107)(H,96,108)(H,101,102)(H4,74,75,80)(H4,76,77,81)(H4,78,79,82)/t37-,38-,39-,40+,43-,44-,45-,46-,47-,48-,49-,50-,51-,52-,55-,56-/m0/s1. The summed E-state index contributed by atoms with van der Waals surface area (Å²) in [7, 11) is 0. The first-order chi connectivity index (χ1) is 55.4. The van der Waals surface area contributed by atoms with E-state index in [1.54, 1.807) is 81.4 Å². The maximum Gasteiger partial charge on any atom is 0.305 e. The molecule has 43 nitrogen and oxygen atoms in total. The number of nitrogens with two attached hydrogens (primary N) is 4. The van der Waals surface area contributed by atoms with Crippen molar-refractivity contribution in [2.75, 3.05) is 50.9 Å². The molecule has 2 aromatic carbocycles. The zero-order valence-corrected chi connectivity index (χ0v) is 67.9. The smallest absolute Gasteiger partial charge is 0.305 e. The maximum absolute atomic E-state index is 14.6. The number of hydrogen-bond donors (Lipinski definition) is 29. The topological polar surface area (TPSA) is 714 Å². The Bertz CT molecular complexity index is 3690. The Morgan fingerprint density at radius 3 is 1.18 bits per heavy atom. The van der Waals surface area contributed by atoms with E-state index in [9.17, 15) is 92.0 Å². The third-order valence-corrected chi connectivity index (χ3v) is 18.8. The summed E-state index contributed by atoms with van der Waals surface area (Å²) in [4.78, 5) is 218. The van der Waals surface area contributed by atoms with Crippen molar-refractivity contribution in [3.05, 3.63) is 71.8 Å². The van der Waals surface area contributed by atoms with Gasteiger partial charge < -0.3 is 133 Å². The Kier molecular flexibility index (Phi) is 47.3. The molecule has 650 valence electrons. The number of aliphatic hydroxyl groups excluding tert-OH is 2. The molecule has 0 aliphatic rings. The van der Waals surface area contributed by atoms with Gasteiger partial charge in [0.25, 0.3) is 0 Å². The molecular weight excluding hydrogens is 1570 g/mol. The Balaban J connectivity index is 2.40. The second-order valence-electron chi connectivity index (χ2n) is 27.5. The number of benzene rings is 2. The van der Waals surface area contributed by atoms with E-state index in [4.69, 9.17) is 39.2 Å². The number of carboxylic acids is 1. The van der Waals surface area contributed by atoms with Gasteiger partial charge in [-0.3, -0.25) is 88.1 Å². The Morgan fingerprint density at radius 1 is 0.410 bits per heavy atom. The van der Waals surface area contributed by atoms with Gasteiger partial charge in [-0.1, -0.05) is 101 Å². The number of hydrogen-bond acceptors (Lipinski definition) is 24. The lowest BCUT2D eigenvalue weighted by Crippen LogP contribution is -2.62. The van der Waals surface area contributed by atoms with Gasteiger partial charge in [-0.15, -0.1) is 0 Å². The molecule has 0 saturated carbocycles. The monoisotopic (exact) mass is 1680 g/mol. The lowest BCUT2D eigenvalue weighted by atomic mass is 9.96. The summed E-state index contributed by atoms with van der Waals surface area (Å²) < 4.78 is 0. The summed E-state index contributed by atoms with van der Waals surface area (Å²) in [6.45, 7) is 6.61. The van der Waals surface area contributed by atoms with Crippen molar-refractivity contribution in [1.29, 1.82) is 16.2 Å². The second-order valence-corrected chi connectivity index (χ2v) is 28.2. The molecule has 117 heavy (non-hydrogen) atoms. The molecule has 0 heterocycles. The lowest BCUT2D eigenvalue weighted by molar-refractivity contribution is -0.142. The molecule has 0 aromatic heterocycles. The van der Waals surface area contributed by atoms with Gasteiger partial charge in [0, 0.05) is 44.0 Å². The molecule has 2 rings (SSSR count). The number of aldehydes is 1. The van der Waals surface area contributed by atoms with Crippen LogP contribution < -0.4 is 113 Å². The van der Waals surface area contributed by atoms with Gasteiger partial charge in [0.05, 0.1) is 32.2 Å². The van der Waals surface area contributed by atoms with E-state index < -0.39 is 223 Å². The van der Waals surface area contributed by atoms with Crippen LogP contribution in [0.15, 0.2) is 60.7 Å². The van der Waals surface area contributed by atoms with E-state index in [2.05, 4.69) is 116 Å². The van der Waals surface area contributed by atoms with Crippen LogP contribution in [0.3, 0.4) is 0 Å². The van der Waals surface area contributed by atoms with Crippen LogP contribution in [0.2, 0.25) is 0 Å². The van der Waals surface area contributed by atoms with Crippen LogP contribution in [-0.2, 0) is 89.6 Å². The fourth-order valence-electron chi connectivity index (χ4n) is 10.9. The van der Waals surface area contributed by atoms with Crippen LogP contribution in [-0.4, -0.2) is 264 Å². The number of carbonyl (C=O) groups excluding carboxylic acids is 15. The molecule has 0 radical (unpaired) electrons. The van der Waals surface area contributed by atoms with Gasteiger partial charge in [-0.2, -0.15) is 25.3 Å². The number of aliphatic carboxylic acids is 1. The molecule has 0 unspecified atom stereocenters. The number of carboxylic acid groups (broad SMARTS) is 1. The Morgan fingerprint density at radius 2 is 0.761 bits per heavy atom. The van der Waals surface area contributed by atoms with Crippen LogP contribution in [0.1, 0.15) is 110 Å². The van der Waals surface area contributed by atoms with Gasteiger partial charge in [0.1, 0.15) is 84.8 Å². The molecular formula is C72H116N24O19S2. The number of guanidine groups is 3. The highest BCUT2D eigenvalue weighted by Gasteiger charge is 2.39. The van der Waals surface area contributed by atoms with Crippen molar-refractivity contribution < 1.29 is 92.0 Å². The van der Waals surface area contributed by atoms with Crippen molar-refractivity contribution in [1.82, 2.24) is 90.4 Å². The fraction of sp³-hybridized carbons (Fsp3) is 0.569. The predicted octanol–water partition coefficient (Wildman–Crippen LogP) is -8.34. The zero-order valence-electron chi connectivity index (χ0n) is 66.1. The molecule has 16 atom stereocenters. The number of aliphatic hydroxyl groups is 2. The quantitative estimate of drug-likeness (QED) is 0.00961. The number of amides is 14. The van der Waals surface area contributed by atoms with E-state index in [0.29, 0.717) is 23.8 Å². The SMILES string of the molecule is CC[C@H](C)[C@H](NC(=O)[C@H](CCCNC(=N)N)NC(=O)[C@H](C)NC(=O)CNC(=O)[C@H](Cc1ccccc1)NC(=O)[C@@H](C)NC(=O)[C@H](CS)NC(=O)[C@H](CO)NC(=O)[C@@H](N)CO)C(=O)N[C@@H](CC(=O)O)C(=O)N[C@@H](CCCNC(=N)N)C(=O)N[C@H](C(=O)N[C@@H](CS)C(=O)N[C@@H](Cc1ccccc1)C(=O)N[C@H](C=O)CCCNC(=N)N)[C@@H](C)CC. The van der Waals surface area contributed by atoms with E-state index in [0.717, 1.165) is 0 Å². The van der Waals surface area contributed by atoms with Gasteiger partial charge in [0.2, 0.25) is 82.7 Å². The highest BCUT2D eigenvalue weighted by Crippen LogP contribution is 2.15. The minimum Gasteiger partial charge on any atom is -0.481 e. The molecule has 45 heteroatoms. The molecule has 0 bridgehead atoms. The van der Waals surface area contributed by atoms with Crippen molar-refractivity contribution in [2.45, 2.75) is 197 Å². The third kappa shape index (κ3) is 38.7. The summed E-state index contributed by atoms with van der Waals surface area (Å²) >= 11 is 8.41. The summed E-state index contributed by atoms with van der Waals surface area (Å²) in [5, 5.41) is 93.9. The second kappa shape index (κ2) is 54.4. The average molecular weight is 1690 g/mol. The summed E-state index contributed by atoms with van der Waals surface area (Å²) in [6.07, 6.45) is -0.394. The van der Waals surface area contributed by atoms with Crippen molar-refractivity contribution in [3.8, 4) is 0 Å². The molecule has 0 fully saturated rings. The number of carbonyl (C=O) groups is 16. The highest BCUT2D eigenvalue weighted by molar-refractivity contribution is 7.80. The Hall–Kier alpha value is -11.5. The van der Waals surface area contributed by atoms with E-state index >= 15 is 0 Å². The van der Waals surface area contributed by atoms with Crippen LogP contribution in [0.25, 0.3) is 0 Å². The average Bonchev–Trinajstić information content (AvgIpc) is 0.849. The van der Waals surface area contributed by atoms with Crippen molar-refractivity contribution in [2.24, 2.45) is 34.8 Å². The van der Waals surface area contributed by atoms with Crippen molar-refractivity contribution in [3.63, 3.8) is 0 Å². The van der Waals surface area contributed by atoms with Crippen LogP contribution in [0.5, 0.6) is 0 Å². The Labute approximate surface area is 687 Å². The zero-order chi connectivity index (χ0) is 88.0. The molecule has 0 saturated heterocycles. The summed E-state index contributed by atoms with van der Waals surface area (Å²) in [5.41, 5.74) is 23.0. The molecule has 0 aliphatic carbocycles. The first kappa shape index (κ1) is 102. The normalized spacial score (nSPS) is 15.0. The minimum absolute atomic E-state index is 0.00339. The fourth-order valence-corrected chi connectivity index (χ4v) is 11.4. The van der Waals surface area contributed by atoms with E-state index in [1.807, 2.05) is 0 Å². The molecule has 14 amide bonds. The molecule has 0 spiro atoms. The predicted molar refractivity (Wildman–Crippen MR) is 434 cm³/mol. The summed E-state index contributed by atoms with van der Waals surface area (Å²) in [6, 6.07) is -3.88. The van der Waals surface area contributed by atoms with Crippen LogP contribution in [0, 0.1) is 28.1 Å². The molecule has 2 aromatic rings. The third-order valence-electron chi connectivity index (χ3n) is 18.1. The van der Waals surface area contributed by atoms with Crippen LogP contribution >= 0.6 is 25.3 Å². The first-order valence-electron chi connectivity index (χ1n) is 37.8. The lowest BCUT2D eigenvalue weighted by Gasteiger charge is -2.30. The minimum atomic E-state index is -1.99. The maximum atomic E-state index is 14.6. The summed E-state index contributed by atoms with van der Waals surface area (Å²) in [5.74, 6) is -18.6. The first-order valence-corrected chi connectivity index (χ1v) is 39.0. The van der Waals surface area contributed by atoms with Gasteiger partial charge in [-0.25, -0.2) is 0 Å². The largest absolute Gasteiger partial charge is 0.481 e. The van der Waals surface area contributed by atoms with E-state index in [1.165, 1.54) is 20.8 Å². The van der Waals surface area contributed by atoms with Crippen LogP contribution in [0.4, 0.5) is 0 Å². The van der Waals surface area contributed by atoms with E-state index in [-0.39, 0.29) is 94.9 Å². The molecule has 0 aliphatic heterocycles. The number of thiol groups is 2. The number of rotatable bonds is 55. The van der Waals surface area contributed by atoms with Crippen molar-refractivity contribution >= 4 is 138 Å².